The van der Waals surface area contributed by atoms with E-state index < -0.39 is 0 Å². The molecule has 4 aromatic rings. The molecule has 5 rings (SSSR count). The molecule has 0 aromatic carbocycles. The zero-order valence-electron chi connectivity index (χ0n) is 19.0. The van der Waals surface area contributed by atoms with Crippen molar-refractivity contribution >= 4 is 17.0 Å². The summed E-state index contributed by atoms with van der Waals surface area (Å²) in [6.45, 7) is 1.89. The van der Waals surface area contributed by atoms with Crippen LogP contribution in [0.2, 0.25) is 0 Å². The van der Waals surface area contributed by atoms with E-state index in [4.69, 9.17) is 5.26 Å². The van der Waals surface area contributed by atoms with Crippen molar-refractivity contribution in [3.8, 4) is 11.8 Å². The number of nitrogens with one attached hydrogen (secondary N) is 1. The number of aryl methyl sites for hydroxylation is 2. The number of imidazole rings is 1. The Hall–Kier alpha value is -3.06. The Kier molecular flexibility index (Phi) is 8.33. The van der Waals surface area contributed by atoms with Gasteiger partial charge in [-0.05, 0) is 49.9 Å². The third-order valence-corrected chi connectivity index (χ3v) is 5.39. The van der Waals surface area contributed by atoms with Crippen molar-refractivity contribution in [2.75, 3.05) is 5.32 Å². The zero-order chi connectivity index (χ0) is 22.5. The third kappa shape index (κ3) is 5.66. The van der Waals surface area contributed by atoms with Crippen molar-refractivity contribution in [2.45, 2.75) is 38.6 Å². The summed E-state index contributed by atoms with van der Waals surface area (Å²) in [7, 11) is 1.67. The van der Waals surface area contributed by atoms with Crippen LogP contribution in [0.15, 0.2) is 47.8 Å². The van der Waals surface area contributed by atoms with Crippen LogP contribution >= 0.6 is 0 Å². The Bertz CT molecular complexity index is 1300. The molecule has 0 spiro atoms. The number of aromatic nitrogens is 6. The number of fused-ring (bicyclic) bond motifs is 1. The quantitative estimate of drug-likeness (QED) is 0.343. The van der Waals surface area contributed by atoms with E-state index in [9.17, 15) is 4.79 Å². The van der Waals surface area contributed by atoms with Gasteiger partial charge < -0.3 is 10.3 Å². The van der Waals surface area contributed by atoms with Crippen LogP contribution in [-0.2, 0) is 7.05 Å². The van der Waals surface area contributed by atoms with Crippen LogP contribution in [0, 0.1) is 24.5 Å². The summed E-state index contributed by atoms with van der Waals surface area (Å²) in [6, 6.07) is 7.97. The van der Waals surface area contributed by atoms with Gasteiger partial charge >= 0.3 is 35.2 Å². The Morgan fingerprint density at radius 3 is 2.52 bits per heavy atom. The van der Waals surface area contributed by atoms with Crippen molar-refractivity contribution in [3.05, 3.63) is 70.9 Å². The summed E-state index contributed by atoms with van der Waals surface area (Å²) in [5.41, 5.74) is 2.94. The molecule has 10 heteroatoms. The smallest absolute Gasteiger partial charge is 0.456 e. The third-order valence-electron chi connectivity index (χ3n) is 5.39. The van der Waals surface area contributed by atoms with E-state index in [1.165, 1.54) is 41.0 Å². The topological polar surface area (TPSA) is 114 Å². The standard InChI is InChI=1S/C18H18N6O.C5H5N2.Na/c1-23-15-8-12(9-19)10-21-17(15)24(18(23)25)14-6-7-16(20-11-14)22-13-4-2-3-5-13;1-5-4-6-2-3-7-5;/h6-8,10-11,13H,2-5H2,1H3,(H,20,22);3-4H,1H3;/q;-1;+1. The summed E-state index contributed by atoms with van der Waals surface area (Å²) in [4.78, 5) is 28.9. The maximum atomic E-state index is 12.6. The maximum absolute atomic E-state index is 12.6. The Balaban J connectivity index is 0.000000330. The summed E-state index contributed by atoms with van der Waals surface area (Å²) in [5.74, 6) is 0.823. The minimum atomic E-state index is -0.212. The molecule has 0 unspecified atom stereocenters. The molecule has 0 bridgehead atoms. The number of anilines is 1. The molecule has 1 aliphatic rings. The van der Waals surface area contributed by atoms with Crippen LogP contribution in [0.4, 0.5) is 5.82 Å². The first-order valence-electron chi connectivity index (χ1n) is 10.4. The predicted octanol–water partition coefficient (Wildman–Crippen LogP) is -0.0654. The Morgan fingerprint density at radius 2 is 1.94 bits per heavy atom. The molecule has 162 valence electrons. The van der Waals surface area contributed by atoms with Crippen molar-refractivity contribution in [1.29, 1.82) is 5.26 Å². The van der Waals surface area contributed by atoms with Crippen LogP contribution in [0.25, 0.3) is 16.9 Å². The van der Waals surface area contributed by atoms with Crippen molar-refractivity contribution in [1.82, 2.24) is 29.1 Å². The second-order valence-electron chi connectivity index (χ2n) is 7.67. The van der Waals surface area contributed by atoms with Crippen molar-refractivity contribution < 1.29 is 29.6 Å². The van der Waals surface area contributed by atoms with Crippen molar-refractivity contribution in [2.24, 2.45) is 7.05 Å². The van der Waals surface area contributed by atoms with E-state index in [1.54, 1.807) is 31.7 Å². The van der Waals surface area contributed by atoms with Gasteiger partial charge in [0.25, 0.3) is 0 Å². The van der Waals surface area contributed by atoms with E-state index >= 15 is 0 Å². The van der Waals surface area contributed by atoms with Gasteiger partial charge in [0.1, 0.15) is 11.9 Å². The molecule has 9 nitrogen and oxygen atoms in total. The molecule has 1 aliphatic carbocycles. The minimum absolute atomic E-state index is 0. The van der Waals surface area contributed by atoms with Gasteiger partial charge in [0.2, 0.25) is 0 Å². The van der Waals surface area contributed by atoms with Gasteiger partial charge in [-0.2, -0.15) is 5.26 Å². The van der Waals surface area contributed by atoms with E-state index in [0.717, 1.165) is 11.5 Å². The average molecular weight is 450 g/mol. The molecule has 1 saturated carbocycles. The SMILES string of the molecule is Cc1cn[c-]cn1.Cn1c(=O)n(-c2ccc(NC3CCCC3)nc2)c2ncc(C#N)cc21.[Na+]. The first kappa shape index (κ1) is 24.6. The van der Waals surface area contributed by atoms with Crippen molar-refractivity contribution in [3.63, 3.8) is 0 Å². The first-order valence-corrected chi connectivity index (χ1v) is 10.4. The Morgan fingerprint density at radius 1 is 1.15 bits per heavy atom. The molecule has 4 aromatic heterocycles. The van der Waals surface area contributed by atoms with Gasteiger partial charge in [0.15, 0.2) is 5.65 Å². The molecule has 33 heavy (non-hydrogen) atoms. The van der Waals surface area contributed by atoms with E-state index in [0.29, 0.717) is 28.5 Å². The second kappa shape index (κ2) is 11.2. The van der Waals surface area contributed by atoms with Crippen LogP contribution in [0.3, 0.4) is 0 Å². The summed E-state index contributed by atoms with van der Waals surface area (Å²) >= 11 is 0. The van der Waals surface area contributed by atoms with Gasteiger partial charge in [-0.3, -0.25) is 9.55 Å². The van der Waals surface area contributed by atoms with Crippen LogP contribution < -0.4 is 40.6 Å². The number of nitrogens with zero attached hydrogens (tertiary/aromatic N) is 7. The monoisotopic (exact) mass is 450 g/mol. The molecule has 1 fully saturated rings. The first-order chi connectivity index (χ1) is 15.6. The van der Waals surface area contributed by atoms with Gasteiger partial charge in [-0.25, -0.2) is 19.3 Å². The molecular formula is C23H23N8NaO. The predicted molar refractivity (Wildman–Crippen MR) is 120 cm³/mol. The van der Waals surface area contributed by atoms with E-state index in [-0.39, 0.29) is 35.2 Å². The molecule has 4 heterocycles. The average Bonchev–Trinajstić information content (AvgIpc) is 3.42. The fourth-order valence-corrected chi connectivity index (χ4v) is 3.71. The summed E-state index contributed by atoms with van der Waals surface area (Å²) in [5, 5.41) is 12.5. The summed E-state index contributed by atoms with van der Waals surface area (Å²) < 4.78 is 3.01. The fourth-order valence-electron chi connectivity index (χ4n) is 3.71. The summed E-state index contributed by atoms with van der Waals surface area (Å²) in [6.07, 6.45) is 13.8. The molecule has 0 saturated heterocycles. The number of hydrogen-bond donors (Lipinski definition) is 1. The molecular weight excluding hydrogens is 427 g/mol. The normalized spacial score (nSPS) is 13.0. The number of pyridine rings is 2. The van der Waals surface area contributed by atoms with E-state index in [1.807, 2.05) is 25.1 Å². The zero-order valence-corrected chi connectivity index (χ0v) is 21.0. The van der Waals surface area contributed by atoms with Gasteiger partial charge in [-0.15, -0.1) is 12.4 Å². The molecule has 0 aliphatic heterocycles. The number of rotatable bonds is 3. The fraction of sp³-hybridized carbons (Fsp3) is 0.304. The van der Waals surface area contributed by atoms with Crippen LogP contribution in [0.5, 0.6) is 0 Å². The number of nitriles is 1. The minimum Gasteiger partial charge on any atom is -0.456 e. The molecule has 0 amide bonds. The largest absolute Gasteiger partial charge is 1.00 e. The maximum Gasteiger partial charge on any atom is 1.00 e. The van der Waals surface area contributed by atoms with Crippen LogP contribution in [-0.4, -0.2) is 35.1 Å². The Labute approximate surface area is 213 Å². The van der Waals surface area contributed by atoms with Gasteiger partial charge in [0.05, 0.1) is 23.0 Å². The van der Waals surface area contributed by atoms with Gasteiger partial charge in [0, 0.05) is 19.3 Å². The number of hydrogen-bond acceptors (Lipinski definition) is 7. The molecule has 0 radical (unpaired) electrons. The van der Waals surface area contributed by atoms with Gasteiger partial charge in [-0.1, -0.05) is 12.8 Å². The van der Waals surface area contributed by atoms with Crippen LogP contribution in [0.1, 0.15) is 36.9 Å². The molecule has 1 N–H and O–H groups in total. The van der Waals surface area contributed by atoms with E-state index in [2.05, 4.69) is 31.4 Å². The second-order valence-corrected chi connectivity index (χ2v) is 7.67. The molecule has 0 atom stereocenters.